The zero-order chi connectivity index (χ0) is 8.81. The fraction of sp³-hybridized carbons (Fsp3) is 0.143. The van der Waals surface area contributed by atoms with Crippen molar-refractivity contribution in [2.45, 2.75) is 4.21 Å². The summed E-state index contributed by atoms with van der Waals surface area (Å²) in [5.74, 6) is 0.0459. The molecule has 1 aromatic rings. The maximum absolute atomic E-state index is 10.8. The maximum atomic E-state index is 10.8. The van der Waals surface area contributed by atoms with Gasteiger partial charge in [-0.15, -0.1) is 23.1 Å². The van der Waals surface area contributed by atoms with Gasteiger partial charge in [-0.05, 0) is 11.4 Å². The Morgan fingerprint density at radius 1 is 1.83 bits per heavy atom. The molecule has 0 spiro atoms. The number of carbonyl (C=O) groups is 1. The van der Waals surface area contributed by atoms with E-state index in [-0.39, 0.29) is 5.91 Å². The Morgan fingerprint density at radius 2 is 2.67 bits per heavy atom. The fourth-order valence-corrected chi connectivity index (χ4v) is 2.17. The van der Waals surface area contributed by atoms with Gasteiger partial charge in [0.1, 0.15) is 0 Å². The summed E-state index contributed by atoms with van der Waals surface area (Å²) in [6, 6.07) is 3.87. The average Bonchev–Trinajstić information content (AvgIpc) is 2.53. The lowest BCUT2D eigenvalue weighted by atomic mass is 10.7. The van der Waals surface area contributed by atoms with E-state index in [0.29, 0.717) is 5.75 Å². The predicted octanol–water partition coefficient (Wildman–Crippen LogP) is 1.44. The van der Waals surface area contributed by atoms with Crippen molar-refractivity contribution in [1.82, 2.24) is 5.32 Å². The van der Waals surface area contributed by atoms with Crippen LogP contribution in [0.25, 0.3) is 0 Å². The second-order valence-corrected chi connectivity index (χ2v) is 4.10. The minimum absolute atomic E-state index is 0.254. The number of hydrogen-bond donors (Lipinski definition) is 1. The first-order valence-corrected chi connectivity index (χ1v) is 5.03. The second kappa shape index (κ2) is 4.80. The third-order valence-electron chi connectivity index (χ3n) is 1.04. The summed E-state index contributed by atoms with van der Waals surface area (Å²) >= 11 is 3.01. The van der Waals surface area contributed by atoms with Crippen LogP contribution in [0.1, 0.15) is 0 Å². The third kappa shape index (κ3) is 2.95. The fourth-order valence-electron chi connectivity index (χ4n) is 0.581. The van der Waals surface area contributed by atoms with E-state index in [1.807, 2.05) is 17.5 Å². The first-order chi connectivity index (χ1) is 5.83. The molecular formula is C7H6N2OS2. The van der Waals surface area contributed by atoms with E-state index in [2.05, 4.69) is 5.32 Å². The zero-order valence-corrected chi connectivity index (χ0v) is 7.74. The molecule has 0 atom stereocenters. The van der Waals surface area contributed by atoms with Gasteiger partial charge in [0, 0.05) is 0 Å². The van der Waals surface area contributed by atoms with Crippen LogP contribution in [0.15, 0.2) is 21.7 Å². The quantitative estimate of drug-likeness (QED) is 0.454. The number of thioether (sulfide) groups is 1. The van der Waals surface area contributed by atoms with Crippen LogP contribution in [0.3, 0.4) is 0 Å². The van der Waals surface area contributed by atoms with E-state index < -0.39 is 0 Å². The van der Waals surface area contributed by atoms with Crippen LogP contribution >= 0.6 is 23.1 Å². The number of thiophene rings is 1. The number of nitriles is 1. The summed E-state index contributed by atoms with van der Waals surface area (Å²) in [4.78, 5) is 10.8. The molecule has 0 aliphatic rings. The van der Waals surface area contributed by atoms with Crippen molar-refractivity contribution in [3.05, 3.63) is 17.5 Å². The summed E-state index contributed by atoms with van der Waals surface area (Å²) in [6.07, 6.45) is 1.59. The van der Waals surface area contributed by atoms with Crippen molar-refractivity contribution >= 4 is 29.0 Å². The molecular weight excluding hydrogens is 192 g/mol. The molecule has 0 aromatic carbocycles. The Balaban J connectivity index is 2.28. The summed E-state index contributed by atoms with van der Waals surface area (Å²) in [5, 5.41) is 12.1. The third-order valence-corrected chi connectivity index (χ3v) is 3.17. The van der Waals surface area contributed by atoms with Gasteiger partial charge in [0.2, 0.25) is 5.91 Å². The standard InChI is InChI=1S/C7H6N2OS2/c8-5-9-6(10)4-12-7-2-1-3-11-7/h1-3H,4H2,(H,9,10). The minimum atomic E-state index is -0.254. The Hall–Kier alpha value is -0.990. The Bertz CT molecular complexity index is 289. The van der Waals surface area contributed by atoms with Crippen LogP contribution in [0.4, 0.5) is 0 Å². The van der Waals surface area contributed by atoms with Crippen molar-refractivity contribution < 1.29 is 4.79 Å². The smallest absolute Gasteiger partial charge is 0.243 e. The molecule has 0 saturated heterocycles. The second-order valence-electron chi connectivity index (χ2n) is 1.88. The van der Waals surface area contributed by atoms with Gasteiger partial charge in [-0.3, -0.25) is 10.1 Å². The van der Waals surface area contributed by atoms with Gasteiger partial charge in [0.15, 0.2) is 6.19 Å². The van der Waals surface area contributed by atoms with Crippen molar-refractivity contribution in [3.63, 3.8) is 0 Å². The van der Waals surface area contributed by atoms with Crippen LogP contribution in [0.2, 0.25) is 0 Å². The number of amides is 1. The highest BCUT2D eigenvalue weighted by atomic mass is 32.2. The molecule has 62 valence electrons. The van der Waals surface area contributed by atoms with Crippen LogP contribution in [-0.2, 0) is 4.79 Å². The molecule has 5 heteroatoms. The molecule has 1 rings (SSSR count). The molecule has 0 saturated carbocycles. The van der Waals surface area contributed by atoms with Crippen LogP contribution in [0.5, 0.6) is 0 Å². The van der Waals surface area contributed by atoms with E-state index in [1.165, 1.54) is 11.8 Å². The van der Waals surface area contributed by atoms with Gasteiger partial charge in [0.05, 0.1) is 9.96 Å². The Morgan fingerprint density at radius 3 is 3.25 bits per heavy atom. The minimum Gasteiger partial charge on any atom is -0.273 e. The summed E-state index contributed by atoms with van der Waals surface area (Å²) < 4.78 is 1.09. The molecule has 1 aromatic heterocycles. The van der Waals surface area contributed by atoms with Gasteiger partial charge >= 0.3 is 0 Å². The first kappa shape index (κ1) is 9.10. The maximum Gasteiger partial charge on any atom is 0.243 e. The topological polar surface area (TPSA) is 52.9 Å². The van der Waals surface area contributed by atoms with E-state index in [9.17, 15) is 4.79 Å². The van der Waals surface area contributed by atoms with Crippen LogP contribution in [-0.4, -0.2) is 11.7 Å². The van der Waals surface area contributed by atoms with E-state index in [1.54, 1.807) is 17.5 Å². The molecule has 1 N–H and O–H groups in total. The molecule has 0 radical (unpaired) electrons. The van der Waals surface area contributed by atoms with Crippen molar-refractivity contribution in [2.24, 2.45) is 0 Å². The zero-order valence-electron chi connectivity index (χ0n) is 6.11. The summed E-state index contributed by atoms with van der Waals surface area (Å²) in [5.41, 5.74) is 0. The molecule has 0 bridgehead atoms. The van der Waals surface area contributed by atoms with Crippen LogP contribution in [0, 0.1) is 11.5 Å². The van der Waals surface area contributed by atoms with Gasteiger partial charge in [-0.2, -0.15) is 5.26 Å². The number of hydrogen-bond acceptors (Lipinski definition) is 4. The molecule has 1 amide bonds. The molecule has 0 fully saturated rings. The van der Waals surface area contributed by atoms with Crippen LogP contribution < -0.4 is 5.32 Å². The lowest BCUT2D eigenvalue weighted by Crippen LogP contribution is -2.19. The van der Waals surface area contributed by atoms with Gasteiger partial charge in [-0.1, -0.05) is 6.07 Å². The largest absolute Gasteiger partial charge is 0.273 e. The predicted molar refractivity (Wildman–Crippen MR) is 48.8 cm³/mol. The highest BCUT2D eigenvalue weighted by Crippen LogP contribution is 2.22. The van der Waals surface area contributed by atoms with E-state index in [0.717, 1.165) is 4.21 Å². The SMILES string of the molecule is N#CNC(=O)CSc1cccs1. The highest BCUT2D eigenvalue weighted by Gasteiger charge is 2.01. The number of carbonyl (C=O) groups excluding carboxylic acids is 1. The Kier molecular flexibility index (Phi) is 3.64. The van der Waals surface area contributed by atoms with E-state index in [4.69, 9.17) is 5.26 Å². The monoisotopic (exact) mass is 198 g/mol. The molecule has 0 aliphatic carbocycles. The van der Waals surface area contributed by atoms with Crippen molar-refractivity contribution in [3.8, 4) is 6.19 Å². The molecule has 1 heterocycles. The molecule has 0 unspecified atom stereocenters. The van der Waals surface area contributed by atoms with Crippen molar-refractivity contribution in [2.75, 3.05) is 5.75 Å². The highest BCUT2D eigenvalue weighted by molar-refractivity contribution is 8.01. The molecule has 3 nitrogen and oxygen atoms in total. The molecule has 12 heavy (non-hydrogen) atoms. The normalized spacial score (nSPS) is 8.92. The summed E-state index contributed by atoms with van der Waals surface area (Å²) in [6.45, 7) is 0. The average molecular weight is 198 g/mol. The Labute approximate surface area is 78.4 Å². The lowest BCUT2D eigenvalue weighted by molar-refractivity contribution is -0.117. The van der Waals surface area contributed by atoms with Gasteiger partial charge in [0.25, 0.3) is 0 Å². The van der Waals surface area contributed by atoms with Gasteiger partial charge in [-0.25, -0.2) is 0 Å². The van der Waals surface area contributed by atoms with Gasteiger partial charge < -0.3 is 0 Å². The summed E-state index contributed by atoms with van der Waals surface area (Å²) in [7, 11) is 0. The van der Waals surface area contributed by atoms with Crippen molar-refractivity contribution in [1.29, 1.82) is 5.26 Å². The first-order valence-electron chi connectivity index (χ1n) is 3.17. The molecule has 0 aliphatic heterocycles. The number of rotatable bonds is 3. The lowest BCUT2D eigenvalue weighted by Gasteiger charge is -1.94. The van der Waals surface area contributed by atoms with E-state index >= 15 is 0 Å². The number of nitrogens with zero attached hydrogens (tertiary/aromatic N) is 1. The number of nitrogens with one attached hydrogen (secondary N) is 1.